The third-order valence-electron chi connectivity index (χ3n) is 6.45. The Kier molecular flexibility index (Phi) is 9.93. The summed E-state index contributed by atoms with van der Waals surface area (Å²) in [5.74, 6) is -0.199. The van der Waals surface area contributed by atoms with Gasteiger partial charge >= 0.3 is 0 Å². The van der Waals surface area contributed by atoms with Crippen LogP contribution in [0, 0.1) is 0 Å². The Morgan fingerprint density at radius 2 is 1.80 bits per heavy atom. The van der Waals surface area contributed by atoms with Crippen LogP contribution in [0.4, 0.5) is 0 Å². The van der Waals surface area contributed by atoms with Crippen molar-refractivity contribution in [3.05, 3.63) is 94.0 Å². The molecule has 2 atom stereocenters. The average Bonchev–Trinajstić information content (AvgIpc) is 3.33. The van der Waals surface area contributed by atoms with Crippen molar-refractivity contribution in [1.29, 1.82) is 0 Å². The Morgan fingerprint density at radius 1 is 1.10 bits per heavy atom. The normalized spacial score (nSPS) is 18.6. The van der Waals surface area contributed by atoms with Gasteiger partial charge in [0, 0.05) is 54.7 Å². The first-order chi connectivity index (χ1) is 19.6. The number of hydrazine groups is 1. The van der Waals surface area contributed by atoms with Gasteiger partial charge in [-0.2, -0.15) is 0 Å². The van der Waals surface area contributed by atoms with Gasteiger partial charge in [0.05, 0.1) is 17.3 Å². The SMILES string of the molecule is CN(C)NC(=O)[C@@]1(CCS(=O)(=O)c2ccccc2)N=C(c2ccc(OCCCO)cc2)O[C@H]1c1ccc(Cl)cc1Cl. The second kappa shape index (κ2) is 13.2. The highest BCUT2D eigenvalue weighted by atomic mass is 35.5. The number of aliphatic hydroxyl groups is 1. The molecule has 0 unspecified atom stereocenters. The van der Waals surface area contributed by atoms with Crippen LogP contribution >= 0.6 is 23.2 Å². The number of aliphatic hydroxyl groups excluding tert-OH is 1. The third-order valence-corrected chi connectivity index (χ3v) is 8.75. The van der Waals surface area contributed by atoms with Crippen molar-refractivity contribution in [2.24, 2.45) is 4.99 Å². The lowest BCUT2D eigenvalue weighted by molar-refractivity contribution is -0.133. The van der Waals surface area contributed by atoms with Crippen molar-refractivity contribution >= 4 is 44.8 Å². The second-order valence-corrected chi connectivity index (χ2v) is 12.6. The van der Waals surface area contributed by atoms with Crippen molar-refractivity contribution in [3.63, 3.8) is 0 Å². The van der Waals surface area contributed by atoms with E-state index in [4.69, 9.17) is 42.8 Å². The number of carbonyl (C=O) groups excluding carboxylic acids is 1. The fourth-order valence-corrected chi connectivity index (χ4v) is 6.29. The van der Waals surface area contributed by atoms with Crippen molar-refractivity contribution in [2.45, 2.75) is 29.4 Å². The molecule has 0 saturated heterocycles. The molecule has 4 rings (SSSR count). The Morgan fingerprint density at radius 3 is 2.44 bits per heavy atom. The predicted octanol–water partition coefficient (Wildman–Crippen LogP) is 4.47. The maximum Gasteiger partial charge on any atom is 0.266 e. The minimum atomic E-state index is -3.78. The summed E-state index contributed by atoms with van der Waals surface area (Å²) < 4.78 is 38.6. The summed E-state index contributed by atoms with van der Waals surface area (Å²) >= 11 is 12.8. The van der Waals surface area contributed by atoms with E-state index >= 15 is 0 Å². The van der Waals surface area contributed by atoms with Gasteiger partial charge in [0.1, 0.15) is 5.75 Å². The molecule has 1 heterocycles. The number of amides is 1. The molecule has 0 saturated carbocycles. The summed E-state index contributed by atoms with van der Waals surface area (Å²) in [6.45, 7) is 0.378. The van der Waals surface area contributed by atoms with Crippen molar-refractivity contribution in [2.75, 3.05) is 33.1 Å². The van der Waals surface area contributed by atoms with Gasteiger partial charge in [0.25, 0.3) is 5.91 Å². The molecule has 3 aromatic carbocycles. The van der Waals surface area contributed by atoms with Crippen LogP contribution in [0.5, 0.6) is 5.75 Å². The lowest BCUT2D eigenvalue weighted by Crippen LogP contribution is -2.53. The first-order valence-electron chi connectivity index (χ1n) is 12.9. The van der Waals surface area contributed by atoms with Crippen LogP contribution in [0.15, 0.2) is 82.7 Å². The number of benzene rings is 3. The molecule has 41 heavy (non-hydrogen) atoms. The standard InChI is InChI=1S/C29H31Cl2N3O6S/c1-34(2)33-28(36)29(15-18-41(37,38)23-7-4-3-5-8-23)26(24-14-11-21(30)19-25(24)31)40-27(32-29)20-9-12-22(13-10-20)39-17-6-16-35/h3-5,7-14,19,26,35H,6,15-18H2,1-2H3,(H,33,36)/t26-,29-/m0/s1. The molecule has 1 amide bonds. The molecule has 12 heteroatoms. The van der Waals surface area contributed by atoms with Crippen LogP contribution in [0.25, 0.3) is 0 Å². The number of aliphatic imine (C=N–C) groups is 1. The number of hydrogen-bond acceptors (Lipinski definition) is 8. The third kappa shape index (κ3) is 7.20. The zero-order valence-electron chi connectivity index (χ0n) is 22.6. The summed E-state index contributed by atoms with van der Waals surface area (Å²) in [6, 6.07) is 19.8. The van der Waals surface area contributed by atoms with Crippen LogP contribution in [0.2, 0.25) is 10.0 Å². The first-order valence-corrected chi connectivity index (χ1v) is 15.3. The molecule has 0 aliphatic carbocycles. The quantitative estimate of drug-likeness (QED) is 0.227. The number of nitrogens with one attached hydrogen (secondary N) is 1. The first kappa shape index (κ1) is 30.8. The monoisotopic (exact) mass is 619 g/mol. The summed E-state index contributed by atoms with van der Waals surface area (Å²) in [7, 11) is -0.485. The Labute approximate surface area is 249 Å². The molecule has 218 valence electrons. The van der Waals surface area contributed by atoms with E-state index in [1.165, 1.54) is 23.2 Å². The number of halogens is 2. The largest absolute Gasteiger partial charge is 0.494 e. The van der Waals surface area contributed by atoms with Crippen LogP contribution in [-0.4, -0.2) is 68.9 Å². The fourth-order valence-electron chi connectivity index (χ4n) is 4.40. The average molecular weight is 621 g/mol. The van der Waals surface area contributed by atoms with Gasteiger partial charge in [0.2, 0.25) is 5.90 Å². The van der Waals surface area contributed by atoms with E-state index in [1.807, 2.05) is 0 Å². The van der Waals surface area contributed by atoms with Gasteiger partial charge in [-0.3, -0.25) is 10.2 Å². The molecule has 1 aliphatic rings. The van der Waals surface area contributed by atoms with Crippen LogP contribution in [0.1, 0.15) is 30.1 Å². The molecule has 0 fully saturated rings. The minimum Gasteiger partial charge on any atom is -0.494 e. The molecule has 3 aromatic rings. The van der Waals surface area contributed by atoms with E-state index in [-0.39, 0.29) is 34.6 Å². The molecule has 2 N–H and O–H groups in total. The van der Waals surface area contributed by atoms with Crippen LogP contribution < -0.4 is 10.2 Å². The zero-order chi connectivity index (χ0) is 29.6. The minimum absolute atomic E-state index is 0.0223. The highest BCUT2D eigenvalue weighted by molar-refractivity contribution is 7.91. The Balaban J connectivity index is 1.79. The van der Waals surface area contributed by atoms with Gasteiger partial charge in [-0.1, -0.05) is 47.5 Å². The molecule has 1 aliphatic heterocycles. The van der Waals surface area contributed by atoms with Gasteiger partial charge in [0.15, 0.2) is 21.5 Å². The van der Waals surface area contributed by atoms with Crippen LogP contribution in [-0.2, 0) is 19.4 Å². The number of hydrogen-bond donors (Lipinski definition) is 2. The van der Waals surface area contributed by atoms with E-state index in [9.17, 15) is 13.2 Å². The smallest absolute Gasteiger partial charge is 0.266 e. The number of rotatable bonds is 12. The summed E-state index contributed by atoms with van der Waals surface area (Å²) in [4.78, 5) is 18.9. The molecule has 0 spiro atoms. The molecular formula is C29H31Cl2N3O6S. The van der Waals surface area contributed by atoms with Gasteiger partial charge in [-0.15, -0.1) is 0 Å². The Hall–Kier alpha value is -3.15. The van der Waals surface area contributed by atoms with E-state index < -0.39 is 27.4 Å². The fraction of sp³-hybridized carbons (Fsp3) is 0.310. The Bertz CT molecular complexity index is 1500. The second-order valence-electron chi connectivity index (χ2n) is 9.67. The molecule has 0 aromatic heterocycles. The van der Waals surface area contributed by atoms with Crippen molar-refractivity contribution in [1.82, 2.24) is 10.4 Å². The predicted molar refractivity (Wildman–Crippen MR) is 158 cm³/mol. The topological polar surface area (TPSA) is 118 Å². The molecule has 9 nitrogen and oxygen atoms in total. The number of nitrogens with zero attached hydrogens (tertiary/aromatic N) is 2. The highest BCUT2D eigenvalue weighted by Crippen LogP contribution is 2.45. The summed E-state index contributed by atoms with van der Waals surface area (Å²) in [5.41, 5.74) is 2.04. The zero-order valence-corrected chi connectivity index (χ0v) is 24.9. The molecule has 0 radical (unpaired) electrons. The van der Waals surface area contributed by atoms with Crippen LogP contribution in [0.3, 0.4) is 0 Å². The molecular weight excluding hydrogens is 589 g/mol. The summed E-state index contributed by atoms with van der Waals surface area (Å²) in [6.07, 6.45) is -0.760. The maximum absolute atomic E-state index is 13.9. The molecule has 0 bridgehead atoms. The van der Waals surface area contributed by atoms with Crippen molar-refractivity contribution < 1.29 is 27.8 Å². The van der Waals surface area contributed by atoms with E-state index in [1.54, 1.807) is 68.7 Å². The van der Waals surface area contributed by atoms with E-state index in [0.717, 1.165) is 0 Å². The number of ether oxygens (including phenoxy) is 2. The van der Waals surface area contributed by atoms with E-state index in [2.05, 4.69) is 5.43 Å². The van der Waals surface area contributed by atoms with Crippen molar-refractivity contribution in [3.8, 4) is 5.75 Å². The maximum atomic E-state index is 13.9. The van der Waals surface area contributed by atoms with Gasteiger partial charge in [-0.25, -0.2) is 18.4 Å². The lowest BCUT2D eigenvalue weighted by Gasteiger charge is -2.32. The summed E-state index contributed by atoms with van der Waals surface area (Å²) in [5, 5.41) is 11.1. The highest BCUT2D eigenvalue weighted by Gasteiger charge is 2.54. The number of carbonyl (C=O) groups is 1. The lowest BCUT2D eigenvalue weighted by atomic mass is 9.85. The van der Waals surface area contributed by atoms with Gasteiger partial charge < -0.3 is 14.6 Å². The number of sulfone groups is 1. The van der Waals surface area contributed by atoms with E-state index in [0.29, 0.717) is 34.9 Å². The van der Waals surface area contributed by atoms with Gasteiger partial charge in [-0.05, 0) is 48.5 Å².